The van der Waals surface area contributed by atoms with Gasteiger partial charge in [-0.15, -0.1) is 11.3 Å². The summed E-state index contributed by atoms with van der Waals surface area (Å²) in [5.41, 5.74) is 0. The lowest BCUT2D eigenvalue weighted by molar-refractivity contribution is 0.0511. The van der Waals surface area contributed by atoms with Crippen LogP contribution < -0.4 is 0 Å². The molecule has 72 valence electrons. The third-order valence-corrected chi connectivity index (χ3v) is 4.52. The lowest BCUT2D eigenvalue weighted by Crippen LogP contribution is -2.03. The van der Waals surface area contributed by atoms with E-state index in [4.69, 9.17) is 4.74 Å². The van der Waals surface area contributed by atoms with Crippen LogP contribution in [0.15, 0.2) is 14.3 Å². The van der Waals surface area contributed by atoms with Gasteiger partial charge in [0.15, 0.2) is 0 Å². The molecule has 0 aliphatic rings. The summed E-state index contributed by atoms with van der Waals surface area (Å²) >= 11 is 7.99. The third kappa shape index (κ3) is 3.07. The molecule has 0 saturated heterocycles. The Hall–Kier alpha value is 0.130. The van der Waals surface area contributed by atoms with Crippen LogP contribution in [0, 0.1) is 0 Å². The standard InChI is InChI=1S/C8H8Br2O2S/c1-2-3-12-8(11)6-4-5(9)7(10)13-6/h4H,2-3H2,1H3. The molecule has 0 atom stereocenters. The summed E-state index contributed by atoms with van der Waals surface area (Å²) in [7, 11) is 0. The second-order valence-corrected chi connectivity index (χ2v) is 5.59. The number of hydrogen-bond acceptors (Lipinski definition) is 3. The monoisotopic (exact) mass is 326 g/mol. The SMILES string of the molecule is CCCOC(=O)c1cc(Br)c(Br)s1. The van der Waals surface area contributed by atoms with Gasteiger partial charge in [0.25, 0.3) is 0 Å². The van der Waals surface area contributed by atoms with E-state index in [0.29, 0.717) is 11.5 Å². The summed E-state index contributed by atoms with van der Waals surface area (Å²) in [6.45, 7) is 2.44. The Morgan fingerprint density at radius 2 is 2.31 bits per heavy atom. The zero-order valence-electron chi connectivity index (χ0n) is 6.97. The van der Waals surface area contributed by atoms with Gasteiger partial charge < -0.3 is 4.74 Å². The van der Waals surface area contributed by atoms with Crippen molar-refractivity contribution in [3.63, 3.8) is 0 Å². The number of rotatable bonds is 3. The molecule has 0 saturated carbocycles. The molecule has 0 aliphatic heterocycles. The van der Waals surface area contributed by atoms with E-state index in [-0.39, 0.29) is 5.97 Å². The first-order valence-corrected chi connectivity index (χ1v) is 6.17. The van der Waals surface area contributed by atoms with Crippen molar-refractivity contribution >= 4 is 49.2 Å². The van der Waals surface area contributed by atoms with Crippen molar-refractivity contribution in [2.24, 2.45) is 0 Å². The first-order valence-electron chi connectivity index (χ1n) is 3.77. The number of carbonyl (C=O) groups excluding carboxylic acids is 1. The molecular formula is C8H8Br2O2S. The van der Waals surface area contributed by atoms with E-state index in [1.165, 1.54) is 11.3 Å². The Morgan fingerprint density at radius 3 is 2.77 bits per heavy atom. The molecule has 0 spiro atoms. The summed E-state index contributed by atoms with van der Waals surface area (Å²) in [6.07, 6.45) is 0.847. The van der Waals surface area contributed by atoms with Gasteiger partial charge in [-0.3, -0.25) is 0 Å². The van der Waals surface area contributed by atoms with Crippen LogP contribution in [0.5, 0.6) is 0 Å². The highest BCUT2D eigenvalue weighted by Gasteiger charge is 2.12. The van der Waals surface area contributed by atoms with Gasteiger partial charge in [0.2, 0.25) is 0 Å². The Kier molecular flexibility index (Phi) is 4.41. The van der Waals surface area contributed by atoms with Crippen molar-refractivity contribution in [3.8, 4) is 0 Å². The quantitative estimate of drug-likeness (QED) is 0.788. The Balaban J connectivity index is 2.66. The van der Waals surface area contributed by atoms with Crippen molar-refractivity contribution in [1.82, 2.24) is 0 Å². The maximum Gasteiger partial charge on any atom is 0.348 e. The summed E-state index contributed by atoms with van der Waals surface area (Å²) in [5, 5.41) is 0. The van der Waals surface area contributed by atoms with E-state index in [1.807, 2.05) is 6.92 Å². The van der Waals surface area contributed by atoms with Crippen LogP contribution in [0.1, 0.15) is 23.0 Å². The van der Waals surface area contributed by atoms with Gasteiger partial charge in [-0.05, 0) is 44.3 Å². The maximum absolute atomic E-state index is 11.3. The van der Waals surface area contributed by atoms with Crippen molar-refractivity contribution < 1.29 is 9.53 Å². The van der Waals surface area contributed by atoms with Gasteiger partial charge in [-0.1, -0.05) is 6.92 Å². The molecule has 0 aromatic carbocycles. The number of hydrogen-bond donors (Lipinski definition) is 0. The molecule has 1 rings (SSSR count). The van der Waals surface area contributed by atoms with E-state index < -0.39 is 0 Å². The molecule has 0 aliphatic carbocycles. The minimum absolute atomic E-state index is 0.252. The second-order valence-electron chi connectivity index (χ2n) is 2.37. The Labute approximate surface area is 97.5 Å². The van der Waals surface area contributed by atoms with E-state index in [2.05, 4.69) is 31.9 Å². The van der Waals surface area contributed by atoms with Crippen LogP contribution >= 0.6 is 43.2 Å². The predicted molar refractivity (Wildman–Crippen MR) is 60.3 cm³/mol. The maximum atomic E-state index is 11.3. The van der Waals surface area contributed by atoms with Crippen LogP contribution in [-0.2, 0) is 4.74 Å². The van der Waals surface area contributed by atoms with Crippen molar-refractivity contribution in [1.29, 1.82) is 0 Å². The largest absolute Gasteiger partial charge is 0.462 e. The Morgan fingerprint density at radius 1 is 1.62 bits per heavy atom. The zero-order chi connectivity index (χ0) is 9.84. The lowest BCUT2D eigenvalue weighted by Gasteiger charge is -1.98. The predicted octanol–water partition coefficient (Wildman–Crippen LogP) is 3.84. The number of esters is 1. The third-order valence-electron chi connectivity index (χ3n) is 1.28. The van der Waals surface area contributed by atoms with Gasteiger partial charge >= 0.3 is 5.97 Å². The van der Waals surface area contributed by atoms with Crippen LogP contribution in [0.4, 0.5) is 0 Å². The van der Waals surface area contributed by atoms with E-state index in [0.717, 1.165) is 14.7 Å². The van der Waals surface area contributed by atoms with E-state index >= 15 is 0 Å². The fraction of sp³-hybridized carbons (Fsp3) is 0.375. The molecule has 1 aromatic heterocycles. The van der Waals surface area contributed by atoms with Gasteiger partial charge in [0, 0.05) is 4.47 Å². The highest BCUT2D eigenvalue weighted by molar-refractivity contribution is 9.13. The van der Waals surface area contributed by atoms with Crippen LogP contribution in [0.3, 0.4) is 0 Å². The molecular weight excluding hydrogens is 320 g/mol. The van der Waals surface area contributed by atoms with Crippen molar-refractivity contribution in [2.45, 2.75) is 13.3 Å². The molecule has 2 nitrogen and oxygen atoms in total. The summed E-state index contributed by atoms with van der Waals surface area (Å²) in [5.74, 6) is -0.252. The van der Waals surface area contributed by atoms with Crippen LogP contribution in [0.2, 0.25) is 0 Å². The van der Waals surface area contributed by atoms with Gasteiger partial charge in [0.05, 0.1) is 10.4 Å². The minimum atomic E-state index is -0.252. The average Bonchev–Trinajstić information content (AvgIpc) is 2.43. The molecule has 5 heteroatoms. The number of thiophene rings is 1. The molecule has 0 unspecified atom stereocenters. The van der Waals surface area contributed by atoms with E-state index in [9.17, 15) is 4.79 Å². The average molecular weight is 328 g/mol. The fourth-order valence-corrected chi connectivity index (χ4v) is 2.64. The van der Waals surface area contributed by atoms with Crippen LogP contribution in [-0.4, -0.2) is 12.6 Å². The smallest absolute Gasteiger partial charge is 0.348 e. The number of ether oxygens (including phenoxy) is 1. The molecule has 0 amide bonds. The summed E-state index contributed by atoms with van der Waals surface area (Å²) in [6, 6.07) is 1.76. The van der Waals surface area contributed by atoms with Gasteiger partial charge in [0.1, 0.15) is 4.88 Å². The minimum Gasteiger partial charge on any atom is -0.462 e. The molecule has 1 aromatic rings. The summed E-state index contributed by atoms with van der Waals surface area (Å²) < 4.78 is 6.78. The highest BCUT2D eigenvalue weighted by Crippen LogP contribution is 2.32. The highest BCUT2D eigenvalue weighted by atomic mass is 79.9. The van der Waals surface area contributed by atoms with Crippen LogP contribution in [0.25, 0.3) is 0 Å². The zero-order valence-corrected chi connectivity index (χ0v) is 11.0. The number of carbonyl (C=O) groups is 1. The van der Waals surface area contributed by atoms with Gasteiger partial charge in [-0.25, -0.2) is 4.79 Å². The molecule has 0 bridgehead atoms. The number of halogens is 2. The molecule has 1 heterocycles. The lowest BCUT2D eigenvalue weighted by atomic mass is 10.5. The fourth-order valence-electron chi connectivity index (χ4n) is 0.713. The molecule has 0 fully saturated rings. The van der Waals surface area contributed by atoms with Gasteiger partial charge in [-0.2, -0.15) is 0 Å². The molecule has 0 N–H and O–H groups in total. The first-order chi connectivity index (χ1) is 6.15. The summed E-state index contributed by atoms with van der Waals surface area (Å²) in [4.78, 5) is 11.9. The van der Waals surface area contributed by atoms with Crippen molar-refractivity contribution in [3.05, 3.63) is 19.2 Å². The van der Waals surface area contributed by atoms with E-state index in [1.54, 1.807) is 6.07 Å². The normalized spacial score (nSPS) is 10.1. The van der Waals surface area contributed by atoms with Crippen molar-refractivity contribution in [2.75, 3.05) is 6.61 Å². The Bertz CT molecular complexity index is 290. The second kappa shape index (κ2) is 5.12. The molecule has 13 heavy (non-hydrogen) atoms. The topological polar surface area (TPSA) is 26.3 Å². The molecule has 0 radical (unpaired) electrons. The first kappa shape index (κ1) is 11.2.